The van der Waals surface area contributed by atoms with Gasteiger partial charge in [-0.1, -0.05) is 274 Å². The van der Waals surface area contributed by atoms with Crippen molar-refractivity contribution >= 4 is 13.7 Å². The highest BCUT2D eigenvalue weighted by atomic mass is 31.2. The van der Waals surface area contributed by atoms with Crippen molar-refractivity contribution in [2.75, 3.05) is 40.9 Å². The Labute approximate surface area is 454 Å². The molecule has 0 fully saturated rings. The molecule has 0 heterocycles. The van der Waals surface area contributed by atoms with Crippen molar-refractivity contribution in [2.24, 2.45) is 0 Å². The molecule has 0 aliphatic heterocycles. The molecule has 0 aliphatic rings. The number of phosphoric ester groups is 1. The summed E-state index contributed by atoms with van der Waals surface area (Å²) in [6.45, 7) is 4.81. The van der Waals surface area contributed by atoms with Crippen LogP contribution in [-0.4, -0.2) is 73.4 Å². The van der Waals surface area contributed by atoms with Crippen LogP contribution in [0, 0.1) is 0 Å². The fourth-order valence-corrected chi connectivity index (χ4v) is 10.0. The minimum atomic E-state index is -4.36. The fraction of sp³-hybridized carbons (Fsp3) is 0.859. The average molecular weight is 1050 g/mol. The first-order valence-corrected chi connectivity index (χ1v) is 33.0. The molecule has 3 unspecified atom stereocenters. The zero-order valence-electron chi connectivity index (χ0n) is 49.1. The number of unbranched alkanes of at least 4 members (excludes halogenated alkanes) is 39. The molecule has 9 heteroatoms. The Hall–Kier alpha value is -1.54. The second-order valence-electron chi connectivity index (χ2n) is 22.8. The van der Waals surface area contributed by atoms with Crippen LogP contribution in [0.25, 0.3) is 0 Å². The van der Waals surface area contributed by atoms with E-state index in [1.807, 2.05) is 27.2 Å². The highest BCUT2D eigenvalue weighted by Crippen LogP contribution is 2.43. The van der Waals surface area contributed by atoms with Gasteiger partial charge in [-0.3, -0.25) is 13.8 Å². The number of aliphatic hydroxyl groups excluding tert-OH is 1. The van der Waals surface area contributed by atoms with Crippen molar-refractivity contribution in [3.05, 3.63) is 48.6 Å². The molecule has 430 valence electrons. The minimum Gasteiger partial charge on any atom is -0.387 e. The van der Waals surface area contributed by atoms with Gasteiger partial charge in [-0.05, 0) is 70.6 Å². The first kappa shape index (κ1) is 71.5. The topological polar surface area (TPSA) is 105 Å². The van der Waals surface area contributed by atoms with Crippen molar-refractivity contribution in [1.82, 2.24) is 5.32 Å². The summed E-state index contributed by atoms with van der Waals surface area (Å²) >= 11 is 0. The Morgan fingerprint density at radius 2 is 0.753 bits per heavy atom. The molecule has 3 N–H and O–H groups in total. The Bertz CT molecular complexity index is 1330. The SMILES string of the molecule is CCCCCCCCCC/C=C/CC/C=C/CC/C=C/C(O)C(COP(=O)(O)OCC[N+](C)(C)C)NC(=O)CCCCCCCCCCCCCCCCCCC/C=C\CCCCCCCCCCCCCC. The summed E-state index contributed by atoms with van der Waals surface area (Å²) in [5.41, 5.74) is 0. The van der Waals surface area contributed by atoms with Gasteiger partial charge >= 0.3 is 7.82 Å². The lowest BCUT2D eigenvalue weighted by Gasteiger charge is -2.25. The molecule has 73 heavy (non-hydrogen) atoms. The fourth-order valence-electron chi connectivity index (χ4n) is 9.31. The number of quaternary nitrogens is 1. The molecule has 3 atom stereocenters. The third-order valence-electron chi connectivity index (χ3n) is 14.2. The highest BCUT2D eigenvalue weighted by Gasteiger charge is 2.27. The zero-order chi connectivity index (χ0) is 53.5. The number of rotatable bonds is 58. The summed E-state index contributed by atoms with van der Waals surface area (Å²) in [5, 5.41) is 13.9. The van der Waals surface area contributed by atoms with Gasteiger partial charge in [0.2, 0.25) is 5.91 Å². The van der Waals surface area contributed by atoms with Gasteiger partial charge < -0.3 is 19.8 Å². The summed E-state index contributed by atoms with van der Waals surface area (Å²) in [7, 11) is 1.55. The third-order valence-corrected chi connectivity index (χ3v) is 15.2. The van der Waals surface area contributed by atoms with Crippen LogP contribution in [0.4, 0.5) is 0 Å². The molecule has 8 nitrogen and oxygen atoms in total. The summed E-state index contributed by atoms with van der Waals surface area (Å²) in [6, 6.07) is -0.870. The molecule has 0 aromatic carbocycles. The van der Waals surface area contributed by atoms with Crippen LogP contribution in [0.1, 0.15) is 303 Å². The van der Waals surface area contributed by atoms with Gasteiger partial charge in [0, 0.05) is 6.42 Å². The maximum atomic E-state index is 13.0. The first-order chi connectivity index (χ1) is 35.5. The van der Waals surface area contributed by atoms with Crippen LogP contribution < -0.4 is 5.32 Å². The number of amides is 1. The highest BCUT2D eigenvalue weighted by molar-refractivity contribution is 7.47. The lowest BCUT2D eigenvalue weighted by Crippen LogP contribution is -2.45. The van der Waals surface area contributed by atoms with Crippen molar-refractivity contribution < 1.29 is 32.9 Å². The van der Waals surface area contributed by atoms with E-state index in [9.17, 15) is 19.4 Å². The maximum absolute atomic E-state index is 13.0. The van der Waals surface area contributed by atoms with E-state index in [1.54, 1.807) is 6.08 Å². The number of hydrogen-bond donors (Lipinski definition) is 3. The van der Waals surface area contributed by atoms with Crippen LogP contribution in [0.2, 0.25) is 0 Å². The van der Waals surface area contributed by atoms with Gasteiger partial charge in [-0.15, -0.1) is 0 Å². The smallest absolute Gasteiger partial charge is 0.387 e. The first-order valence-electron chi connectivity index (χ1n) is 31.5. The maximum Gasteiger partial charge on any atom is 0.472 e. The molecule has 0 bridgehead atoms. The Morgan fingerprint density at radius 3 is 1.10 bits per heavy atom. The molecule has 0 aromatic rings. The van der Waals surface area contributed by atoms with Crippen LogP contribution in [0.5, 0.6) is 0 Å². The van der Waals surface area contributed by atoms with Crippen molar-refractivity contribution in [3.8, 4) is 0 Å². The van der Waals surface area contributed by atoms with E-state index < -0.39 is 20.0 Å². The summed E-state index contributed by atoms with van der Waals surface area (Å²) in [5.74, 6) is -0.187. The van der Waals surface area contributed by atoms with Crippen molar-refractivity contribution in [1.29, 1.82) is 0 Å². The van der Waals surface area contributed by atoms with E-state index in [0.717, 1.165) is 44.9 Å². The van der Waals surface area contributed by atoms with Crippen LogP contribution in [0.15, 0.2) is 48.6 Å². The number of carbonyl (C=O) groups excluding carboxylic acids is 1. The number of carbonyl (C=O) groups is 1. The molecular weight excluding hydrogens is 924 g/mol. The molecule has 0 saturated heterocycles. The molecule has 0 rings (SSSR count). The predicted octanol–water partition coefficient (Wildman–Crippen LogP) is 19.5. The molecule has 0 aromatic heterocycles. The van der Waals surface area contributed by atoms with Gasteiger partial charge in [-0.25, -0.2) is 4.57 Å². The largest absolute Gasteiger partial charge is 0.472 e. The number of likely N-dealkylation sites (N-methyl/N-ethyl adjacent to an activating group) is 1. The van der Waals surface area contributed by atoms with Gasteiger partial charge in [-0.2, -0.15) is 0 Å². The van der Waals surface area contributed by atoms with Crippen molar-refractivity contribution in [2.45, 2.75) is 315 Å². The van der Waals surface area contributed by atoms with E-state index in [4.69, 9.17) is 9.05 Å². The standard InChI is InChI=1S/C64H123N2O6P/c1-6-8-10-12-14-16-18-20-22-24-26-27-28-29-30-31-32-33-34-35-36-37-38-39-40-42-44-46-48-50-52-54-56-58-64(68)65-62(61-72-73(69,70)71-60-59-66(3,4)5)63(67)57-55-53-51-49-47-45-43-41-25-23-21-19-17-15-13-11-9-7-2/h25,29-30,41,47,49,55,57,62-63,67H,6-24,26-28,31-40,42-46,48,50-54,56,58-61H2,1-5H3,(H-,65,68,69,70)/p+1/b30-29-,41-25+,49-47+,57-55+. The molecule has 0 aliphatic carbocycles. The molecular formula is C64H124N2O6P+. The molecule has 1 amide bonds. The molecule has 0 radical (unpaired) electrons. The monoisotopic (exact) mass is 1050 g/mol. The Balaban J connectivity index is 4.08. The van der Waals surface area contributed by atoms with E-state index in [2.05, 4.69) is 55.6 Å². The van der Waals surface area contributed by atoms with E-state index >= 15 is 0 Å². The quantitative estimate of drug-likeness (QED) is 0.0243. The van der Waals surface area contributed by atoms with Gasteiger partial charge in [0.25, 0.3) is 0 Å². The normalized spacial score (nSPS) is 14.1. The van der Waals surface area contributed by atoms with E-state index in [1.165, 1.54) is 238 Å². The molecule has 0 saturated carbocycles. The van der Waals surface area contributed by atoms with Gasteiger partial charge in [0.1, 0.15) is 13.2 Å². The zero-order valence-corrected chi connectivity index (χ0v) is 50.0. The summed E-state index contributed by atoms with van der Waals surface area (Å²) in [4.78, 5) is 23.3. The average Bonchev–Trinajstić information content (AvgIpc) is 3.35. The number of hydrogen-bond acceptors (Lipinski definition) is 5. The van der Waals surface area contributed by atoms with Gasteiger partial charge in [0.15, 0.2) is 0 Å². The van der Waals surface area contributed by atoms with Crippen LogP contribution >= 0.6 is 7.82 Å². The third kappa shape index (κ3) is 58.0. The Morgan fingerprint density at radius 1 is 0.452 bits per heavy atom. The number of nitrogens with zero attached hydrogens (tertiary/aromatic N) is 1. The predicted molar refractivity (Wildman–Crippen MR) is 318 cm³/mol. The number of phosphoric acid groups is 1. The van der Waals surface area contributed by atoms with E-state index in [0.29, 0.717) is 17.4 Å². The van der Waals surface area contributed by atoms with Crippen molar-refractivity contribution in [3.63, 3.8) is 0 Å². The molecule has 0 spiro atoms. The van der Waals surface area contributed by atoms with E-state index in [-0.39, 0.29) is 19.1 Å². The van der Waals surface area contributed by atoms with Gasteiger partial charge in [0.05, 0.1) is 39.9 Å². The lowest BCUT2D eigenvalue weighted by molar-refractivity contribution is -0.870. The second-order valence-corrected chi connectivity index (χ2v) is 24.2. The lowest BCUT2D eigenvalue weighted by atomic mass is 10.0. The van der Waals surface area contributed by atoms with Crippen LogP contribution in [0.3, 0.4) is 0 Å². The number of aliphatic hydroxyl groups is 1. The Kier molecular flexibility index (Phi) is 54.1. The summed E-state index contributed by atoms with van der Waals surface area (Å²) < 4.78 is 23.7. The second kappa shape index (κ2) is 55.2. The number of nitrogens with one attached hydrogen (secondary N) is 1. The van der Waals surface area contributed by atoms with Crippen LogP contribution in [-0.2, 0) is 18.4 Å². The minimum absolute atomic E-state index is 0.0539. The number of allylic oxidation sites excluding steroid dienone is 7. The summed E-state index contributed by atoms with van der Waals surface area (Å²) in [6.07, 6.45) is 73.9.